The van der Waals surface area contributed by atoms with Gasteiger partial charge in [0.2, 0.25) is 0 Å². The summed E-state index contributed by atoms with van der Waals surface area (Å²) in [4.78, 5) is 14.3. The maximum absolute atomic E-state index is 13.5. The predicted molar refractivity (Wildman–Crippen MR) is 138 cm³/mol. The molecule has 2 aromatic carbocycles. The minimum Gasteiger partial charge on any atom is -0.489 e. The monoisotopic (exact) mass is 587 g/mol. The van der Waals surface area contributed by atoms with Crippen molar-refractivity contribution >= 4 is 12.0 Å². The quantitative estimate of drug-likeness (QED) is 0.242. The summed E-state index contributed by atoms with van der Waals surface area (Å²) in [5, 5.41) is 0. The van der Waals surface area contributed by atoms with Gasteiger partial charge in [-0.1, -0.05) is 6.07 Å². The zero-order valence-corrected chi connectivity index (χ0v) is 22.6. The van der Waals surface area contributed by atoms with Gasteiger partial charge >= 0.3 is 18.3 Å². The zero-order chi connectivity index (χ0) is 29.8. The Labute approximate surface area is 233 Å². The Hall–Kier alpha value is -3.41. The van der Waals surface area contributed by atoms with Gasteiger partial charge in [0, 0.05) is 24.7 Å². The summed E-state index contributed by atoms with van der Waals surface area (Å²) in [6.45, 7) is 5.02. The van der Waals surface area contributed by atoms with Crippen LogP contribution in [0.25, 0.3) is 6.08 Å². The van der Waals surface area contributed by atoms with Crippen molar-refractivity contribution in [3.8, 4) is 17.2 Å². The van der Waals surface area contributed by atoms with Crippen molar-refractivity contribution in [3.05, 3.63) is 58.7 Å². The van der Waals surface area contributed by atoms with Crippen LogP contribution in [0.4, 0.5) is 26.3 Å². The fraction of sp³-hybridized carbons (Fsp3) is 0.483. The van der Waals surface area contributed by atoms with Gasteiger partial charge in [0.05, 0.1) is 18.1 Å². The van der Waals surface area contributed by atoms with E-state index in [1.54, 1.807) is 25.1 Å². The molecule has 0 bridgehead atoms. The van der Waals surface area contributed by atoms with Crippen LogP contribution in [0.3, 0.4) is 0 Å². The number of fused-ring (bicyclic) bond motifs is 1. The Morgan fingerprint density at radius 2 is 1.90 bits per heavy atom. The third-order valence-electron chi connectivity index (χ3n) is 6.83. The standard InChI is InChI=1S/C29H31F6NO5/c1-3-38-27(37)22-5-4-10-36(15-22)14-20-11-21-7-8-23(13-26(21)40-17-20)39-16-19-6-9-25(24(12-19)29(33,34)35)41-18(2)28(30,31)32/h6-9,11-13,18,22H,3-5,10,14-17H2,1-2H3/t18-,22+/m0/s1. The molecule has 6 nitrogen and oxygen atoms in total. The minimum atomic E-state index is -4.92. The van der Waals surface area contributed by atoms with Gasteiger partial charge in [-0.3, -0.25) is 9.69 Å². The number of alkyl halides is 6. The first kappa shape index (κ1) is 30.5. The number of ether oxygens (including phenoxy) is 4. The highest BCUT2D eigenvalue weighted by molar-refractivity contribution is 5.72. The number of piperidine rings is 1. The Morgan fingerprint density at radius 1 is 1.12 bits per heavy atom. The molecule has 224 valence electrons. The summed E-state index contributed by atoms with van der Waals surface area (Å²) in [7, 11) is 0. The average molecular weight is 588 g/mol. The maximum atomic E-state index is 13.5. The SMILES string of the molecule is CCOC(=O)[C@@H]1CCCN(CC2=Cc3ccc(OCc4ccc(O[C@@H](C)C(F)(F)F)c(C(F)(F)F)c4)cc3OC2)C1. The number of hydrogen-bond donors (Lipinski definition) is 0. The molecule has 1 saturated heterocycles. The molecule has 2 heterocycles. The van der Waals surface area contributed by atoms with E-state index in [2.05, 4.69) is 9.64 Å². The minimum absolute atomic E-state index is 0.104. The van der Waals surface area contributed by atoms with Crippen LogP contribution in [0.2, 0.25) is 0 Å². The lowest BCUT2D eigenvalue weighted by Gasteiger charge is -2.32. The van der Waals surface area contributed by atoms with E-state index in [9.17, 15) is 31.1 Å². The number of esters is 1. The number of benzene rings is 2. The van der Waals surface area contributed by atoms with Crippen molar-refractivity contribution < 1.29 is 50.1 Å². The van der Waals surface area contributed by atoms with Crippen molar-refractivity contribution in [2.45, 2.75) is 51.8 Å². The van der Waals surface area contributed by atoms with Crippen LogP contribution in [0.15, 0.2) is 42.0 Å². The van der Waals surface area contributed by atoms with Crippen molar-refractivity contribution in [1.29, 1.82) is 0 Å². The third kappa shape index (κ3) is 8.08. The molecule has 0 radical (unpaired) electrons. The van der Waals surface area contributed by atoms with Crippen molar-refractivity contribution in [2.75, 3.05) is 32.8 Å². The van der Waals surface area contributed by atoms with Gasteiger partial charge in [-0.2, -0.15) is 26.3 Å². The van der Waals surface area contributed by atoms with E-state index in [0.717, 1.165) is 42.7 Å². The molecule has 0 unspecified atom stereocenters. The summed E-state index contributed by atoms with van der Waals surface area (Å²) < 4.78 is 100. The van der Waals surface area contributed by atoms with E-state index < -0.39 is 29.8 Å². The van der Waals surface area contributed by atoms with E-state index in [1.165, 1.54) is 6.07 Å². The maximum Gasteiger partial charge on any atom is 0.425 e. The summed E-state index contributed by atoms with van der Waals surface area (Å²) in [6, 6.07) is 7.88. The highest BCUT2D eigenvalue weighted by Crippen LogP contribution is 2.39. The van der Waals surface area contributed by atoms with Crippen LogP contribution in [-0.4, -0.2) is 56.0 Å². The number of rotatable bonds is 9. The average Bonchev–Trinajstić information content (AvgIpc) is 2.91. The van der Waals surface area contributed by atoms with E-state index in [-0.39, 0.29) is 24.1 Å². The molecule has 2 aliphatic heterocycles. The largest absolute Gasteiger partial charge is 0.489 e. The lowest BCUT2D eigenvalue weighted by Crippen LogP contribution is -2.40. The van der Waals surface area contributed by atoms with Gasteiger partial charge in [0.25, 0.3) is 0 Å². The van der Waals surface area contributed by atoms with Crippen LogP contribution < -0.4 is 14.2 Å². The summed E-state index contributed by atoms with van der Waals surface area (Å²) in [5.74, 6) is -0.306. The number of carbonyl (C=O) groups is 1. The second kappa shape index (κ2) is 12.6. The number of hydrogen-bond acceptors (Lipinski definition) is 6. The highest BCUT2D eigenvalue weighted by atomic mass is 19.4. The van der Waals surface area contributed by atoms with Crippen LogP contribution >= 0.6 is 0 Å². The van der Waals surface area contributed by atoms with Crippen LogP contribution in [0.5, 0.6) is 17.2 Å². The van der Waals surface area contributed by atoms with E-state index in [1.807, 2.05) is 6.08 Å². The van der Waals surface area contributed by atoms with Gasteiger partial charge in [-0.15, -0.1) is 0 Å². The van der Waals surface area contributed by atoms with Crippen LogP contribution in [0, 0.1) is 5.92 Å². The molecule has 12 heteroatoms. The van der Waals surface area contributed by atoms with E-state index in [4.69, 9.17) is 14.2 Å². The first-order chi connectivity index (χ1) is 19.3. The topological polar surface area (TPSA) is 57.2 Å². The Morgan fingerprint density at radius 3 is 2.61 bits per heavy atom. The fourth-order valence-electron chi connectivity index (χ4n) is 4.73. The second-order valence-electron chi connectivity index (χ2n) is 10.0. The summed E-state index contributed by atoms with van der Waals surface area (Å²) in [5.41, 5.74) is 0.644. The second-order valence-corrected chi connectivity index (χ2v) is 10.0. The molecule has 4 rings (SSSR count). The summed E-state index contributed by atoms with van der Waals surface area (Å²) >= 11 is 0. The molecule has 0 amide bonds. The van der Waals surface area contributed by atoms with Crippen molar-refractivity contribution in [1.82, 2.24) is 4.90 Å². The molecular weight excluding hydrogens is 556 g/mol. The van der Waals surface area contributed by atoms with E-state index in [0.29, 0.717) is 44.7 Å². The number of carbonyl (C=O) groups excluding carboxylic acids is 1. The van der Waals surface area contributed by atoms with Gasteiger partial charge in [0.15, 0.2) is 6.10 Å². The van der Waals surface area contributed by atoms with Crippen molar-refractivity contribution in [2.24, 2.45) is 5.92 Å². The highest BCUT2D eigenvalue weighted by Gasteiger charge is 2.41. The Kier molecular flexibility index (Phi) is 9.41. The van der Waals surface area contributed by atoms with Crippen LogP contribution in [-0.2, 0) is 22.3 Å². The first-order valence-corrected chi connectivity index (χ1v) is 13.2. The molecule has 2 aliphatic rings. The molecule has 0 saturated carbocycles. The Balaban J connectivity index is 1.39. The fourth-order valence-corrected chi connectivity index (χ4v) is 4.73. The lowest BCUT2D eigenvalue weighted by molar-refractivity contribution is -0.191. The molecular formula is C29H31F6NO5. The molecule has 0 spiro atoms. The zero-order valence-electron chi connectivity index (χ0n) is 22.6. The first-order valence-electron chi connectivity index (χ1n) is 13.2. The lowest BCUT2D eigenvalue weighted by atomic mass is 9.97. The number of nitrogens with zero attached hydrogens (tertiary/aromatic N) is 1. The smallest absolute Gasteiger partial charge is 0.425 e. The molecule has 0 N–H and O–H groups in total. The van der Waals surface area contributed by atoms with Crippen LogP contribution in [0.1, 0.15) is 43.4 Å². The van der Waals surface area contributed by atoms with Crippen molar-refractivity contribution in [3.63, 3.8) is 0 Å². The molecule has 41 heavy (non-hydrogen) atoms. The van der Waals surface area contributed by atoms with Gasteiger partial charge in [-0.05, 0) is 74.7 Å². The molecule has 0 aromatic heterocycles. The molecule has 2 aromatic rings. The molecule has 2 atom stereocenters. The van der Waals surface area contributed by atoms with Gasteiger partial charge in [0.1, 0.15) is 30.5 Å². The molecule has 0 aliphatic carbocycles. The normalized spacial score (nSPS) is 18.5. The molecule has 1 fully saturated rings. The van der Waals surface area contributed by atoms with Gasteiger partial charge in [-0.25, -0.2) is 0 Å². The van der Waals surface area contributed by atoms with Gasteiger partial charge < -0.3 is 18.9 Å². The number of likely N-dealkylation sites (tertiary alicyclic amines) is 1. The number of halogens is 6. The Bertz CT molecular complexity index is 1260. The third-order valence-corrected chi connectivity index (χ3v) is 6.83. The van der Waals surface area contributed by atoms with E-state index >= 15 is 0 Å². The predicted octanol–water partition coefficient (Wildman–Crippen LogP) is 6.66. The summed E-state index contributed by atoms with van der Waals surface area (Å²) in [6.07, 6.45) is -8.42.